The Kier molecular flexibility index (Phi) is 4.15. The largest absolute Gasteiger partial charge is 0.399 e. The van der Waals surface area contributed by atoms with Gasteiger partial charge in [-0.2, -0.15) is 0 Å². The first-order chi connectivity index (χ1) is 10.1. The van der Waals surface area contributed by atoms with Crippen molar-refractivity contribution >= 4 is 11.6 Å². The normalized spacial score (nSPS) is 25.9. The van der Waals surface area contributed by atoms with E-state index in [-0.39, 0.29) is 5.91 Å². The molecule has 2 unspecified atom stereocenters. The standard InChI is InChI=1S/C17H25N3O/c1-19-14-7-8-15(19)12-20(11-10-14)17(21)9-6-13-4-2-3-5-16(13)18/h2-5,14-15H,6-12,18H2,1H3. The van der Waals surface area contributed by atoms with Gasteiger partial charge in [0, 0.05) is 37.3 Å². The number of aryl methyl sites for hydroxylation is 1. The highest BCUT2D eigenvalue weighted by Crippen LogP contribution is 2.28. The number of likely N-dealkylation sites (N-methyl/N-ethyl adjacent to an activating group) is 1. The average molecular weight is 287 g/mol. The van der Waals surface area contributed by atoms with Gasteiger partial charge >= 0.3 is 0 Å². The fourth-order valence-electron chi connectivity index (χ4n) is 3.70. The van der Waals surface area contributed by atoms with Crippen LogP contribution in [0, 0.1) is 0 Å². The fraction of sp³-hybridized carbons (Fsp3) is 0.588. The van der Waals surface area contributed by atoms with E-state index in [1.807, 2.05) is 24.3 Å². The predicted octanol–water partition coefficient (Wildman–Crippen LogP) is 1.90. The molecule has 2 N–H and O–H groups in total. The average Bonchev–Trinajstić information content (AvgIpc) is 2.71. The van der Waals surface area contributed by atoms with Crippen molar-refractivity contribution in [2.24, 2.45) is 0 Å². The quantitative estimate of drug-likeness (QED) is 0.864. The van der Waals surface area contributed by atoms with Gasteiger partial charge in [-0.15, -0.1) is 0 Å². The van der Waals surface area contributed by atoms with E-state index in [4.69, 9.17) is 5.73 Å². The molecule has 21 heavy (non-hydrogen) atoms. The minimum atomic E-state index is 0.277. The Morgan fingerprint density at radius 2 is 2.00 bits per heavy atom. The van der Waals surface area contributed by atoms with Crippen LogP contribution in [0.5, 0.6) is 0 Å². The Morgan fingerprint density at radius 3 is 2.81 bits per heavy atom. The lowest BCUT2D eigenvalue weighted by molar-refractivity contribution is -0.131. The summed E-state index contributed by atoms with van der Waals surface area (Å²) >= 11 is 0. The SMILES string of the molecule is CN1C2CCC1CN(C(=O)CCc1ccccc1N)CC2. The molecular weight excluding hydrogens is 262 g/mol. The van der Waals surface area contributed by atoms with E-state index in [0.717, 1.165) is 37.2 Å². The van der Waals surface area contributed by atoms with Gasteiger partial charge in [0.1, 0.15) is 0 Å². The molecule has 2 bridgehead atoms. The van der Waals surface area contributed by atoms with Crippen LogP contribution in [0.2, 0.25) is 0 Å². The van der Waals surface area contributed by atoms with E-state index in [9.17, 15) is 4.79 Å². The third-order valence-corrected chi connectivity index (χ3v) is 5.16. The maximum absolute atomic E-state index is 12.5. The van der Waals surface area contributed by atoms with Crippen molar-refractivity contribution in [3.63, 3.8) is 0 Å². The van der Waals surface area contributed by atoms with Crippen molar-refractivity contribution in [2.75, 3.05) is 25.9 Å². The third-order valence-electron chi connectivity index (χ3n) is 5.16. The van der Waals surface area contributed by atoms with Crippen molar-refractivity contribution in [1.29, 1.82) is 0 Å². The number of nitrogens with zero attached hydrogens (tertiary/aromatic N) is 2. The Hall–Kier alpha value is -1.55. The highest BCUT2D eigenvalue weighted by molar-refractivity contribution is 5.76. The van der Waals surface area contributed by atoms with Crippen LogP contribution in [0.15, 0.2) is 24.3 Å². The number of anilines is 1. The number of nitrogen functional groups attached to an aromatic ring is 1. The molecule has 2 heterocycles. The van der Waals surface area contributed by atoms with Crippen LogP contribution in [0.25, 0.3) is 0 Å². The number of likely N-dealkylation sites (tertiary alicyclic amines) is 1. The van der Waals surface area contributed by atoms with Crippen LogP contribution in [-0.4, -0.2) is 47.9 Å². The summed E-state index contributed by atoms with van der Waals surface area (Å²) < 4.78 is 0. The van der Waals surface area contributed by atoms with E-state index in [1.165, 1.54) is 12.8 Å². The summed E-state index contributed by atoms with van der Waals surface area (Å²) in [4.78, 5) is 17.0. The summed E-state index contributed by atoms with van der Waals surface area (Å²) in [6, 6.07) is 9.07. The Labute approximate surface area is 126 Å². The molecule has 3 rings (SSSR count). The molecule has 0 aromatic heterocycles. The van der Waals surface area contributed by atoms with Gasteiger partial charge in [0.15, 0.2) is 0 Å². The van der Waals surface area contributed by atoms with Crippen LogP contribution in [-0.2, 0) is 11.2 Å². The van der Waals surface area contributed by atoms with Crippen LogP contribution < -0.4 is 5.73 Å². The van der Waals surface area contributed by atoms with Crippen LogP contribution in [0.1, 0.15) is 31.2 Å². The lowest BCUT2D eigenvalue weighted by atomic mass is 10.1. The van der Waals surface area contributed by atoms with Crippen molar-refractivity contribution in [1.82, 2.24) is 9.80 Å². The number of fused-ring (bicyclic) bond motifs is 2. The number of rotatable bonds is 3. The van der Waals surface area contributed by atoms with Crippen molar-refractivity contribution in [3.05, 3.63) is 29.8 Å². The number of amides is 1. The Morgan fingerprint density at radius 1 is 1.24 bits per heavy atom. The number of carbonyl (C=O) groups excluding carboxylic acids is 1. The van der Waals surface area contributed by atoms with Gasteiger partial charge in [0.2, 0.25) is 5.91 Å². The molecule has 2 aliphatic heterocycles. The van der Waals surface area contributed by atoms with E-state index < -0.39 is 0 Å². The van der Waals surface area contributed by atoms with Gasteiger partial charge in [-0.05, 0) is 44.4 Å². The summed E-state index contributed by atoms with van der Waals surface area (Å²) in [5, 5.41) is 0. The van der Waals surface area contributed by atoms with E-state index in [2.05, 4.69) is 16.8 Å². The molecule has 0 saturated carbocycles. The second kappa shape index (κ2) is 6.06. The van der Waals surface area contributed by atoms with E-state index in [0.29, 0.717) is 18.5 Å². The van der Waals surface area contributed by atoms with Crippen molar-refractivity contribution in [3.8, 4) is 0 Å². The molecule has 1 aromatic rings. The van der Waals surface area contributed by atoms with E-state index >= 15 is 0 Å². The highest BCUT2D eigenvalue weighted by atomic mass is 16.2. The van der Waals surface area contributed by atoms with Crippen molar-refractivity contribution < 1.29 is 4.79 Å². The van der Waals surface area contributed by atoms with Crippen LogP contribution in [0.4, 0.5) is 5.69 Å². The van der Waals surface area contributed by atoms with Crippen LogP contribution in [0.3, 0.4) is 0 Å². The lowest BCUT2D eigenvalue weighted by Crippen LogP contribution is -2.39. The second-order valence-corrected chi connectivity index (χ2v) is 6.38. The maximum Gasteiger partial charge on any atom is 0.222 e. The first-order valence-corrected chi connectivity index (χ1v) is 7.98. The second-order valence-electron chi connectivity index (χ2n) is 6.38. The van der Waals surface area contributed by atoms with Gasteiger partial charge < -0.3 is 10.6 Å². The predicted molar refractivity (Wildman–Crippen MR) is 84.9 cm³/mol. The zero-order valence-electron chi connectivity index (χ0n) is 12.8. The Balaban J connectivity index is 1.57. The first-order valence-electron chi connectivity index (χ1n) is 7.98. The summed E-state index contributed by atoms with van der Waals surface area (Å²) in [5.41, 5.74) is 7.82. The van der Waals surface area contributed by atoms with Gasteiger partial charge in [-0.25, -0.2) is 0 Å². The number of carbonyl (C=O) groups is 1. The van der Waals surface area contributed by atoms with Gasteiger partial charge in [0.05, 0.1) is 0 Å². The summed E-state index contributed by atoms with van der Waals surface area (Å²) in [6.07, 6.45) is 4.95. The summed E-state index contributed by atoms with van der Waals surface area (Å²) in [6.45, 7) is 1.81. The molecule has 2 saturated heterocycles. The molecule has 114 valence electrons. The molecule has 2 fully saturated rings. The number of hydrogen-bond donors (Lipinski definition) is 1. The number of nitrogens with two attached hydrogens (primary N) is 1. The third kappa shape index (κ3) is 3.05. The maximum atomic E-state index is 12.5. The molecule has 1 amide bonds. The fourth-order valence-corrected chi connectivity index (χ4v) is 3.70. The zero-order chi connectivity index (χ0) is 14.8. The number of para-hydroxylation sites is 1. The first kappa shape index (κ1) is 14.4. The number of hydrogen-bond acceptors (Lipinski definition) is 3. The molecule has 0 aliphatic carbocycles. The topological polar surface area (TPSA) is 49.6 Å². The van der Waals surface area contributed by atoms with Gasteiger partial charge in [-0.3, -0.25) is 9.69 Å². The monoisotopic (exact) mass is 287 g/mol. The van der Waals surface area contributed by atoms with E-state index in [1.54, 1.807) is 0 Å². The molecule has 0 spiro atoms. The van der Waals surface area contributed by atoms with Crippen molar-refractivity contribution in [2.45, 2.75) is 44.2 Å². The summed E-state index contributed by atoms with van der Waals surface area (Å²) in [7, 11) is 2.21. The van der Waals surface area contributed by atoms with Gasteiger partial charge in [0.25, 0.3) is 0 Å². The number of benzene rings is 1. The molecule has 2 aliphatic rings. The lowest BCUT2D eigenvalue weighted by Gasteiger charge is -2.26. The zero-order valence-corrected chi connectivity index (χ0v) is 12.8. The van der Waals surface area contributed by atoms with Gasteiger partial charge in [-0.1, -0.05) is 18.2 Å². The molecule has 0 radical (unpaired) electrons. The minimum absolute atomic E-state index is 0.277. The molecule has 2 atom stereocenters. The highest BCUT2D eigenvalue weighted by Gasteiger charge is 2.35. The minimum Gasteiger partial charge on any atom is -0.399 e. The molecular formula is C17H25N3O. The molecule has 4 heteroatoms. The Bertz CT molecular complexity index is 517. The smallest absolute Gasteiger partial charge is 0.222 e. The summed E-state index contributed by atoms with van der Waals surface area (Å²) in [5.74, 6) is 0.277. The molecule has 4 nitrogen and oxygen atoms in total. The van der Waals surface area contributed by atoms with Crippen LogP contribution >= 0.6 is 0 Å². The molecule has 1 aromatic carbocycles.